The van der Waals surface area contributed by atoms with Gasteiger partial charge in [-0.1, -0.05) is 36.4 Å². The molecule has 0 bridgehead atoms. The highest BCUT2D eigenvalue weighted by molar-refractivity contribution is 8.00. The van der Waals surface area contributed by atoms with Crippen molar-refractivity contribution in [1.82, 2.24) is 0 Å². The maximum Gasteiger partial charge on any atom is 0.317 e. The molecule has 1 atom stereocenters. The van der Waals surface area contributed by atoms with Crippen LogP contribution in [0.3, 0.4) is 0 Å². The van der Waals surface area contributed by atoms with E-state index in [9.17, 15) is 9.59 Å². The highest BCUT2D eigenvalue weighted by Crippen LogP contribution is 2.31. The second-order valence-electron chi connectivity index (χ2n) is 6.58. The molecule has 0 aromatic heterocycles. The number of hydrogen-bond donors (Lipinski definition) is 2. The van der Waals surface area contributed by atoms with E-state index in [2.05, 4.69) is 4.89 Å². The zero-order valence-electron chi connectivity index (χ0n) is 14.7. The van der Waals surface area contributed by atoms with E-state index in [1.165, 1.54) is 11.8 Å². The molecule has 0 saturated carbocycles. The quantitative estimate of drug-likeness (QED) is 0.296. The lowest BCUT2D eigenvalue weighted by atomic mass is 9.97. The first kappa shape index (κ1) is 20.2. The van der Waals surface area contributed by atoms with Crippen molar-refractivity contribution in [2.45, 2.75) is 25.5 Å². The van der Waals surface area contributed by atoms with Crippen LogP contribution < -0.4 is 4.74 Å². The first-order valence-electron chi connectivity index (χ1n) is 8.13. The van der Waals surface area contributed by atoms with Gasteiger partial charge in [-0.25, -0.2) is 4.89 Å². The molecule has 0 saturated heterocycles. The Hall–Kier alpha value is -2.09. The maximum absolute atomic E-state index is 12.6. The lowest BCUT2D eigenvalue weighted by Crippen LogP contribution is -2.32. The number of fused-ring (bicyclic) bond motifs is 1. The van der Waals surface area contributed by atoms with Gasteiger partial charge < -0.3 is 9.84 Å². The van der Waals surface area contributed by atoms with Gasteiger partial charge in [0.1, 0.15) is 5.75 Å². The molecule has 0 aliphatic carbocycles. The summed E-state index contributed by atoms with van der Waals surface area (Å²) < 4.78 is 5.62. The minimum Gasteiger partial charge on any atom is -0.481 e. The van der Waals surface area contributed by atoms with Gasteiger partial charge in [0.15, 0.2) is 0 Å². The highest BCUT2D eigenvalue weighted by atomic mass is 32.2. The van der Waals surface area contributed by atoms with Crippen LogP contribution in [0.5, 0.6) is 5.75 Å². The normalized spacial score (nSPS) is 12.7. The van der Waals surface area contributed by atoms with Crippen LogP contribution in [0.4, 0.5) is 0 Å². The van der Waals surface area contributed by atoms with Crippen molar-refractivity contribution in [1.29, 1.82) is 0 Å². The molecule has 2 aromatic rings. The number of carbonyl (C=O) groups is 2. The zero-order valence-corrected chi connectivity index (χ0v) is 15.5. The van der Waals surface area contributed by atoms with E-state index in [-0.39, 0.29) is 13.0 Å². The minimum absolute atomic E-state index is 0.120. The van der Waals surface area contributed by atoms with Gasteiger partial charge in [0.05, 0.1) is 18.4 Å². The molecule has 2 rings (SSSR count). The van der Waals surface area contributed by atoms with E-state index in [1.54, 1.807) is 19.9 Å². The molecule has 2 aromatic carbocycles. The summed E-state index contributed by atoms with van der Waals surface area (Å²) in [5.74, 6) is -0.569. The first-order valence-corrected chi connectivity index (χ1v) is 9.18. The smallest absolute Gasteiger partial charge is 0.317 e. The van der Waals surface area contributed by atoms with Gasteiger partial charge in [0.25, 0.3) is 0 Å². The topological polar surface area (TPSA) is 93.1 Å². The van der Waals surface area contributed by atoms with Crippen molar-refractivity contribution in [3.8, 4) is 5.75 Å². The summed E-state index contributed by atoms with van der Waals surface area (Å²) in [6, 6.07) is 13.1. The highest BCUT2D eigenvalue weighted by Gasteiger charge is 2.32. The average molecular weight is 378 g/mol. The van der Waals surface area contributed by atoms with Crippen LogP contribution in [0.2, 0.25) is 0 Å². The van der Waals surface area contributed by atoms with Gasteiger partial charge >= 0.3 is 11.9 Å². The molecule has 0 spiro atoms. The molecule has 0 aliphatic heterocycles. The summed E-state index contributed by atoms with van der Waals surface area (Å²) in [6.45, 7) is 3.36. The molecule has 1 unspecified atom stereocenters. The summed E-state index contributed by atoms with van der Waals surface area (Å²) >= 11 is 1.26. The van der Waals surface area contributed by atoms with E-state index in [0.717, 1.165) is 10.8 Å². The molecule has 6 nitrogen and oxygen atoms in total. The van der Waals surface area contributed by atoms with Gasteiger partial charge in [-0.05, 0) is 25.3 Å². The van der Waals surface area contributed by atoms with Crippen molar-refractivity contribution in [3.05, 3.63) is 42.5 Å². The summed E-state index contributed by atoms with van der Waals surface area (Å²) in [6.07, 6.45) is -0.167. The van der Waals surface area contributed by atoms with E-state index in [4.69, 9.17) is 15.1 Å². The maximum atomic E-state index is 12.6. The van der Waals surface area contributed by atoms with Gasteiger partial charge in [0.2, 0.25) is 0 Å². The van der Waals surface area contributed by atoms with Crippen LogP contribution in [0.1, 0.15) is 20.3 Å². The molecule has 2 N–H and O–H groups in total. The largest absolute Gasteiger partial charge is 0.481 e. The molecule has 7 heteroatoms. The standard InChI is InChI=1S/C19H22O6S/c1-19(2,12-26-14(11-24-23)10-17(20)21)18(22)25-16-9-5-7-13-6-3-4-8-15(13)16/h3-9,14,23H,10-12H2,1-2H3,(H,20,21). The van der Waals surface area contributed by atoms with E-state index in [0.29, 0.717) is 11.5 Å². The number of ether oxygens (including phenoxy) is 1. The fraction of sp³-hybridized carbons (Fsp3) is 0.368. The Balaban J connectivity index is 2.05. The van der Waals surface area contributed by atoms with Gasteiger partial charge in [0, 0.05) is 16.4 Å². The summed E-state index contributed by atoms with van der Waals surface area (Å²) in [7, 11) is 0. The first-order chi connectivity index (χ1) is 12.3. The van der Waals surface area contributed by atoms with E-state index < -0.39 is 22.6 Å². The SMILES string of the molecule is CC(C)(CSC(COO)CC(=O)O)C(=O)Oc1cccc2ccccc12. The minimum atomic E-state index is -0.990. The predicted molar refractivity (Wildman–Crippen MR) is 100 cm³/mol. The number of carboxylic acids is 1. The summed E-state index contributed by atoms with van der Waals surface area (Å²) in [4.78, 5) is 27.6. The second kappa shape index (κ2) is 9.02. The van der Waals surface area contributed by atoms with Crippen molar-refractivity contribution in [3.63, 3.8) is 0 Å². The molecule has 0 radical (unpaired) electrons. The van der Waals surface area contributed by atoms with Crippen molar-refractivity contribution >= 4 is 34.5 Å². The Morgan fingerprint density at radius 3 is 2.54 bits per heavy atom. The molecule has 0 heterocycles. The Morgan fingerprint density at radius 1 is 1.15 bits per heavy atom. The fourth-order valence-corrected chi connectivity index (χ4v) is 3.54. The summed E-state index contributed by atoms with van der Waals surface area (Å²) in [5, 5.41) is 18.9. The molecular formula is C19H22O6S. The number of thioether (sulfide) groups is 1. The number of rotatable bonds is 9. The number of carboxylic acid groups (broad SMARTS) is 1. The van der Waals surface area contributed by atoms with Crippen molar-refractivity contribution in [2.24, 2.45) is 5.41 Å². The van der Waals surface area contributed by atoms with Crippen molar-refractivity contribution in [2.75, 3.05) is 12.4 Å². The Bertz CT molecular complexity index is 768. The molecule has 0 aliphatic rings. The molecule has 140 valence electrons. The Morgan fingerprint density at radius 2 is 1.85 bits per heavy atom. The number of hydrogen-bond acceptors (Lipinski definition) is 6. The Labute approximate surface area is 156 Å². The van der Waals surface area contributed by atoms with Gasteiger partial charge in [-0.3, -0.25) is 14.8 Å². The van der Waals surface area contributed by atoms with Crippen LogP contribution in [-0.2, 0) is 14.5 Å². The number of aliphatic carboxylic acids is 1. The van der Waals surface area contributed by atoms with Crippen LogP contribution in [0, 0.1) is 5.41 Å². The van der Waals surface area contributed by atoms with Gasteiger partial charge in [-0.15, -0.1) is 0 Å². The van der Waals surface area contributed by atoms with Crippen LogP contribution in [0.25, 0.3) is 10.8 Å². The van der Waals surface area contributed by atoms with Crippen molar-refractivity contribution < 1.29 is 29.6 Å². The number of esters is 1. The third-order valence-corrected chi connectivity index (χ3v) is 5.51. The molecule has 0 amide bonds. The lowest BCUT2D eigenvalue weighted by molar-refractivity contribution is -0.241. The van der Waals surface area contributed by atoms with Crippen LogP contribution in [-0.4, -0.2) is 39.9 Å². The fourth-order valence-electron chi connectivity index (χ4n) is 2.35. The van der Waals surface area contributed by atoms with E-state index in [1.807, 2.05) is 36.4 Å². The Kier molecular flexibility index (Phi) is 7.02. The third-order valence-electron chi connectivity index (χ3n) is 3.85. The lowest BCUT2D eigenvalue weighted by Gasteiger charge is -2.24. The second-order valence-corrected chi connectivity index (χ2v) is 7.87. The monoisotopic (exact) mass is 378 g/mol. The van der Waals surface area contributed by atoms with Crippen LogP contribution in [0.15, 0.2) is 42.5 Å². The molecule has 26 heavy (non-hydrogen) atoms. The molecule has 0 fully saturated rings. The number of benzene rings is 2. The summed E-state index contributed by atoms with van der Waals surface area (Å²) in [5.41, 5.74) is -0.839. The predicted octanol–water partition coefficient (Wildman–Crippen LogP) is 3.84. The average Bonchev–Trinajstić information content (AvgIpc) is 2.60. The zero-order chi connectivity index (χ0) is 19.2. The molecular weight excluding hydrogens is 356 g/mol. The van der Waals surface area contributed by atoms with Gasteiger partial charge in [-0.2, -0.15) is 11.8 Å². The number of carbonyl (C=O) groups excluding carboxylic acids is 1. The third kappa shape index (κ3) is 5.45. The van der Waals surface area contributed by atoms with E-state index >= 15 is 0 Å². The van der Waals surface area contributed by atoms with Crippen LogP contribution >= 0.6 is 11.8 Å².